The molecule has 0 fully saturated rings. The van der Waals surface area contributed by atoms with Crippen molar-refractivity contribution in [2.24, 2.45) is 0 Å². The molecule has 0 rings (SSSR count). The molecule has 0 saturated heterocycles. The van der Waals surface area contributed by atoms with Crippen molar-refractivity contribution >= 4 is 17.7 Å². The minimum atomic E-state index is -5.00. The molecule has 0 bridgehead atoms. The van der Waals surface area contributed by atoms with E-state index in [4.69, 9.17) is 5.11 Å². The van der Waals surface area contributed by atoms with Gasteiger partial charge in [0.2, 0.25) is 5.91 Å². The van der Waals surface area contributed by atoms with Crippen LogP contribution in [0.15, 0.2) is 0 Å². The van der Waals surface area contributed by atoms with Crippen LogP contribution < -0.4 is 16.2 Å². The van der Waals surface area contributed by atoms with Gasteiger partial charge >= 0.3 is 18.0 Å². The van der Waals surface area contributed by atoms with Gasteiger partial charge in [-0.2, -0.15) is 13.2 Å². The first-order valence-corrected chi connectivity index (χ1v) is 5.55. The lowest BCUT2D eigenvalue weighted by Crippen LogP contribution is -2.52. The molecule has 0 aromatic carbocycles. The van der Waals surface area contributed by atoms with E-state index in [1.165, 1.54) is 0 Å². The smallest absolute Gasteiger partial charge is 0.380 e. The molecule has 4 N–H and O–H groups in total. The van der Waals surface area contributed by atoms with Crippen LogP contribution >= 0.6 is 0 Å². The molecule has 1 atom stereocenters. The van der Waals surface area contributed by atoms with Gasteiger partial charge in [0.25, 0.3) is 0 Å². The fraction of sp³-hybridized carbons (Fsp3) is 0.700. The molecule has 0 aliphatic rings. The molecule has 0 aromatic heterocycles. The fourth-order valence-corrected chi connectivity index (χ4v) is 0.968. The van der Waals surface area contributed by atoms with Gasteiger partial charge in [-0.3, -0.25) is 25.2 Å². The maximum atomic E-state index is 12.3. The molecule has 116 valence electrons. The van der Waals surface area contributed by atoms with Crippen LogP contribution in [0.4, 0.5) is 13.2 Å². The molecule has 0 heterocycles. The van der Waals surface area contributed by atoms with E-state index in [0.29, 0.717) is 6.92 Å². The van der Waals surface area contributed by atoms with Gasteiger partial charge in [-0.05, 0) is 20.8 Å². The maximum Gasteiger partial charge on any atom is 0.417 e. The highest BCUT2D eigenvalue weighted by molar-refractivity contribution is 6.35. The van der Waals surface area contributed by atoms with Crippen molar-refractivity contribution < 1.29 is 32.7 Å². The highest BCUT2D eigenvalue weighted by Gasteiger charge is 2.51. The first kappa shape index (κ1) is 18.2. The lowest BCUT2D eigenvalue weighted by Gasteiger charge is -2.25. The molecule has 0 aliphatic carbocycles. The van der Waals surface area contributed by atoms with Crippen LogP contribution in [0.25, 0.3) is 0 Å². The lowest BCUT2D eigenvalue weighted by atomic mass is 10.0. The zero-order chi connectivity index (χ0) is 16.1. The third kappa shape index (κ3) is 5.87. The SMILES string of the molecule is CC(C)NC(=O)C(=O)NNC(=O)C[C@](C)(O)C(F)(F)F. The lowest BCUT2D eigenvalue weighted by molar-refractivity contribution is -0.253. The van der Waals surface area contributed by atoms with Gasteiger partial charge in [-0.1, -0.05) is 0 Å². The van der Waals surface area contributed by atoms with Crippen molar-refractivity contribution in [3.05, 3.63) is 0 Å². The molecule has 10 heteroatoms. The molecule has 0 radical (unpaired) electrons. The number of rotatable bonds is 3. The van der Waals surface area contributed by atoms with E-state index in [2.05, 4.69) is 5.32 Å². The van der Waals surface area contributed by atoms with Crippen molar-refractivity contribution in [3.63, 3.8) is 0 Å². The van der Waals surface area contributed by atoms with Gasteiger partial charge < -0.3 is 10.4 Å². The Hall–Kier alpha value is -1.84. The van der Waals surface area contributed by atoms with E-state index in [1.54, 1.807) is 24.7 Å². The Bertz CT molecular complexity index is 394. The second-order valence-electron chi connectivity index (χ2n) is 4.58. The summed E-state index contributed by atoms with van der Waals surface area (Å²) in [6, 6.07) is -0.324. The summed E-state index contributed by atoms with van der Waals surface area (Å²) in [5, 5.41) is 11.2. The number of carbonyl (C=O) groups excluding carboxylic acids is 3. The summed E-state index contributed by atoms with van der Waals surface area (Å²) in [6.07, 6.45) is -6.31. The summed E-state index contributed by atoms with van der Waals surface area (Å²) in [7, 11) is 0. The number of hydrazine groups is 1. The summed E-state index contributed by atoms with van der Waals surface area (Å²) in [6.45, 7) is 3.59. The van der Waals surface area contributed by atoms with Crippen molar-refractivity contribution in [2.75, 3.05) is 0 Å². The number of hydrogen-bond acceptors (Lipinski definition) is 4. The Labute approximate surface area is 112 Å². The second-order valence-corrected chi connectivity index (χ2v) is 4.58. The Morgan fingerprint density at radius 2 is 1.60 bits per heavy atom. The van der Waals surface area contributed by atoms with Gasteiger partial charge in [-0.25, -0.2) is 0 Å². The minimum Gasteiger partial charge on any atom is -0.380 e. The molecule has 0 saturated carbocycles. The van der Waals surface area contributed by atoms with Gasteiger partial charge in [-0.15, -0.1) is 0 Å². The molecule has 3 amide bonds. The number of amides is 3. The van der Waals surface area contributed by atoms with E-state index in [9.17, 15) is 27.6 Å². The molecule has 0 aliphatic heterocycles. The van der Waals surface area contributed by atoms with Crippen LogP contribution in [0.3, 0.4) is 0 Å². The van der Waals surface area contributed by atoms with Gasteiger partial charge in [0.05, 0.1) is 6.42 Å². The van der Waals surface area contributed by atoms with Crippen LogP contribution in [0, 0.1) is 0 Å². The average molecular weight is 299 g/mol. The number of carbonyl (C=O) groups is 3. The van der Waals surface area contributed by atoms with Crippen molar-refractivity contribution in [3.8, 4) is 0 Å². The largest absolute Gasteiger partial charge is 0.417 e. The Morgan fingerprint density at radius 1 is 1.10 bits per heavy atom. The number of aliphatic hydroxyl groups is 1. The van der Waals surface area contributed by atoms with E-state index >= 15 is 0 Å². The normalized spacial score (nSPS) is 14.4. The van der Waals surface area contributed by atoms with Crippen molar-refractivity contribution in [1.29, 1.82) is 0 Å². The standard InChI is InChI=1S/C10H16F3N3O4/c1-5(2)14-7(18)8(19)16-15-6(17)4-9(3,20)10(11,12)13/h5,20H,4H2,1-3H3,(H,14,18)(H,15,17)(H,16,19)/t9-/m0/s1. The van der Waals surface area contributed by atoms with E-state index in [0.717, 1.165) is 0 Å². The molecular weight excluding hydrogens is 283 g/mol. The van der Waals surface area contributed by atoms with Crippen LogP contribution in [0.5, 0.6) is 0 Å². The summed E-state index contributed by atoms with van der Waals surface area (Å²) >= 11 is 0. The summed E-state index contributed by atoms with van der Waals surface area (Å²) in [5.41, 5.74) is 0.00397. The fourth-order valence-electron chi connectivity index (χ4n) is 0.968. The first-order valence-electron chi connectivity index (χ1n) is 5.55. The molecule has 20 heavy (non-hydrogen) atoms. The molecule has 7 nitrogen and oxygen atoms in total. The zero-order valence-corrected chi connectivity index (χ0v) is 11.1. The number of nitrogens with one attached hydrogen (secondary N) is 3. The minimum absolute atomic E-state index is 0.324. The Morgan fingerprint density at radius 3 is 2.00 bits per heavy atom. The van der Waals surface area contributed by atoms with Crippen LogP contribution in [-0.2, 0) is 14.4 Å². The van der Waals surface area contributed by atoms with E-state index in [1.807, 2.05) is 0 Å². The monoisotopic (exact) mass is 299 g/mol. The Kier molecular flexibility index (Phi) is 5.95. The third-order valence-electron chi connectivity index (χ3n) is 2.06. The molecule has 0 unspecified atom stereocenters. The second kappa shape index (κ2) is 6.55. The molecule has 0 spiro atoms. The van der Waals surface area contributed by atoms with E-state index in [-0.39, 0.29) is 6.04 Å². The van der Waals surface area contributed by atoms with Crippen LogP contribution in [-0.4, -0.2) is 40.6 Å². The van der Waals surface area contributed by atoms with Gasteiger partial charge in [0, 0.05) is 6.04 Å². The number of halogens is 3. The van der Waals surface area contributed by atoms with Crippen LogP contribution in [0.1, 0.15) is 27.2 Å². The Balaban J connectivity index is 4.31. The summed E-state index contributed by atoms with van der Waals surface area (Å²) in [5.74, 6) is -3.58. The van der Waals surface area contributed by atoms with Gasteiger partial charge in [0.15, 0.2) is 5.60 Å². The average Bonchev–Trinajstić information content (AvgIpc) is 2.22. The predicted octanol–water partition coefficient (Wildman–Crippen LogP) is -0.638. The first-order chi connectivity index (χ1) is 8.86. The summed E-state index contributed by atoms with van der Waals surface area (Å²) < 4.78 is 36.8. The quantitative estimate of drug-likeness (QED) is 0.411. The predicted molar refractivity (Wildman–Crippen MR) is 60.9 cm³/mol. The zero-order valence-electron chi connectivity index (χ0n) is 11.1. The highest BCUT2D eigenvalue weighted by atomic mass is 19.4. The van der Waals surface area contributed by atoms with Crippen molar-refractivity contribution in [1.82, 2.24) is 16.2 Å². The number of alkyl halides is 3. The summed E-state index contributed by atoms with van der Waals surface area (Å²) in [4.78, 5) is 33.4. The van der Waals surface area contributed by atoms with Crippen LogP contribution in [0.2, 0.25) is 0 Å². The number of hydrogen-bond donors (Lipinski definition) is 4. The molecular formula is C10H16F3N3O4. The maximum absolute atomic E-state index is 12.3. The van der Waals surface area contributed by atoms with E-state index < -0.39 is 35.9 Å². The van der Waals surface area contributed by atoms with Crippen molar-refractivity contribution in [2.45, 2.75) is 45.0 Å². The third-order valence-corrected chi connectivity index (χ3v) is 2.06. The topological polar surface area (TPSA) is 108 Å². The highest BCUT2D eigenvalue weighted by Crippen LogP contribution is 2.32. The van der Waals surface area contributed by atoms with Gasteiger partial charge in [0.1, 0.15) is 0 Å². The molecule has 0 aromatic rings.